The number of nitrogens with one attached hydrogen (secondary N) is 1. The molecule has 0 aromatic rings. The Balaban J connectivity index is 1.86. The number of rotatable bonds is 6. The van der Waals surface area contributed by atoms with Gasteiger partial charge < -0.3 is 5.32 Å². The zero-order chi connectivity index (χ0) is 9.36. The monoisotopic (exact) mass is 201 g/mol. The molecule has 0 heterocycles. The predicted molar refractivity (Wildman–Crippen MR) is 62.5 cm³/mol. The fourth-order valence-electron chi connectivity index (χ4n) is 1.98. The lowest BCUT2D eigenvalue weighted by molar-refractivity contribution is 0.372. The fourth-order valence-corrected chi connectivity index (χ4v) is 2.48. The van der Waals surface area contributed by atoms with Crippen LogP contribution in [0, 0.1) is 0 Å². The van der Waals surface area contributed by atoms with Crippen molar-refractivity contribution in [3.63, 3.8) is 0 Å². The molecule has 78 valence electrons. The lowest BCUT2D eigenvalue weighted by Crippen LogP contribution is -2.31. The quantitative estimate of drug-likeness (QED) is 0.663. The van der Waals surface area contributed by atoms with Crippen molar-refractivity contribution in [3.05, 3.63) is 0 Å². The Morgan fingerprint density at radius 3 is 2.62 bits per heavy atom. The molecule has 1 aliphatic carbocycles. The average molecular weight is 201 g/mol. The van der Waals surface area contributed by atoms with Gasteiger partial charge >= 0.3 is 0 Å². The molecule has 0 aromatic carbocycles. The second kappa shape index (κ2) is 7.69. The third-order valence-electron chi connectivity index (χ3n) is 2.81. The van der Waals surface area contributed by atoms with E-state index >= 15 is 0 Å². The zero-order valence-electron chi connectivity index (χ0n) is 8.85. The Morgan fingerprint density at radius 2 is 1.92 bits per heavy atom. The first-order valence-electron chi connectivity index (χ1n) is 5.66. The molecule has 2 heteroatoms. The standard InChI is InChI=1S/C11H23NS/c1-13-10-6-5-9-12-11-7-3-2-4-8-11/h11-12H,2-10H2,1H3. The van der Waals surface area contributed by atoms with Crippen LogP contribution in [0.25, 0.3) is 0 Å². The molecule has 1 N–H and O–H groups in total. The largest absolute Gasteiger partial charge is 0.314 e. The Kier molecular flexibility index (Phi) is 6.73. The van der Waals surface area contributed by atoms with Gasteiger partial charge in [-0.2, -0.15) is 11.8 Å². The highest BCUT2D eigenvalue weighted by Crippen LogP contribution is 2.17. The van der Waals surface area contributed by atoms with Gasteiger partial charge in [-0.25, -0.2) is 0 Å². The summed E-state index contributed by atoms with van der Waals surface area (Å²) in [6.07, 6.45) is 12.1. The van der Waals surface area contributed by atoms with Crippen molar-refractivity contribution in [3.8, 4) is 0 Å². The minimum Gasteiger partial charge on any atom is -0.314 e. The molecule has 0 aromatic heterocycles. The summed E-state index contributed by atoms with van der Waals surface area (Å²) in [6.45, 7) is 1.24. The Morgan fingerprint density at radius 1 is 1.15 bits per heavy atom. The minimum absolute atomic E-state index is 0.850. The number of hydrogen-bond acceptors (Lipinski definition) is 2. The highest BCUT2D eigenvalue weighted by Gasteiger charge is 2.11. The number of hydrogen-bond donors (Lipinski definition) is 1. The van der Waals surface area contributed by atoms with Crippen molar-refractivity contribution in [2.75, 3.05) is 18.6 Å². The molecule has 0 amide bonds. The molecule has 13 heavy (non-hydrogen) atoms. The molecule has 0 atom stereocenters. The summed E-state index contributed by atoms with van der Waals surface area (Å²) in [5.74, 6) is 1.33. The molecule has 0 bridgehead atoms. The molecule has 0 spiro atoms. The van der Waals surface area contributed by atoms with Crippen molar-refractivity contribution >= 4 is 11.8 Å². The van der Waals surface area contributed by atoms with Gasteiger partial charge in [-0.1, -0.05) is 19.3 Å². The van der Waals surface area contributed by atoms with Gasteiger partial charge in [0, 0.05) is 6.04 Å². The van der Waals surface area contributed by atoms with Crippen LogP contribution < -0.4 is 5.32 Å². The lowest BCUT2D eigenvalue weighted by atomic mass is 9.95. The summed E-state index contributed by atoms with van der Waals surface area (Å²) in [5.41, 5.74) is 0. The van der Waals surface area contributed by atoms with Crippen molar-refractivity contribution in [2.24, 2.45) is 0 Å². The first-order chi connectivity index (χ1) is 6.43. The maximum atomic E-state index is 3.67. The van der Waals surface area contributed by atoms with Gasteiger partial charge in [-0.05, 0) is 44.2 Å². The summed E-state index contributed by atoms with van der Waals surface area (Å²) in [5, 5.41) is 3.67. The number of thioether (sulfide) groups is 1. The lowest BCUT2D eigenvalue weighted by Gasteiger charge is -2.22. The smallest absolute Gasteiger partial charge is 0.00670 e. The summed E-state index contributed by atoms with van der Waals surface area (Å²) in [4.78, 5) is 0. The van der Waals surface area contributed by atoms with E-state index in [0.29, 0.717) is 0 Å². The zero-order valence-corrected chi connectivity index (χ0v) is 9.67. The highest BCUT2D eigenvalue weighted by molar-refractivity contribution is 7.98. The normalized spacial score (nSPS) is 19.2. The molecule has 0 radical (unpaired) electrons. The van der Waals surface area contributed by atoms with E-state index < -0.39 is 0 Å². The molecule has 1 saturated carbocycles. The molecular formula is C11H23NS. The second-order valence-electron chi connectivity index (χ2n) is 3.99. The average Bonchev–Trinajstić information content (AvgIpc) is 2.19. The van der Waals surface area contributed by atoms with E-state index in [1.54, 1.807) is 0 Å². The third-order valence-corrected chi connectivity index (χ3v) is 3.51. The van der Waals surface area contributed by atoms with Crippen LogP contribution in [0.3, 0.4) is 0 Å². The van der Waals surface area contributed by atoms with E-state index in [-0.39, 0.29) is 0 Å². The van der Waals surface area contributed by atoms with E-state index in [0.717, 1.165) is 6.04 Å². The summed E-state index contributed by atoms with van der Waals surface area (Å²) in [6, 6.07) is 0.850. The van der Waals surface area contributed by atoms with Gasteiger partial charge in [-0.3, -0.25) is 0 Å². The first-order valence-corrected chi connectivity index (χ1v) is 7.05. The van der Waals surface area contributed by atoms with Crippen molar-refractivity contribution < 1.29 is 0 Å². The summed E-state index contributed by atoms with van der Waals surface area (Å²) >= 11 is 1.96. The van der Waals surface area contributed by atoms with Crippen LogP contribution in [0.1, 0.15) is 44.9 Å². The van der Waals surface area contributed by atoms with Gasteiger partial charge in [0.1, 0.15) is 0 Å². The van der Waals surface area contributed by atoms with Crippen LogP contribution in [0.2, 0.25) is 0 Å². The molecular weight excluding hydrogens is 178 g/mol. The van der Waals surface area contributed by atoms with Crippen LogP contribution in [-0.4, -0.2) is 24.6 Å². The van der Waals surface area contributed by atoms with Crippen molar-refractivity contribution in [2.45, 2.75) is 51.0 Å². The second-order valence-corrected chi connectivity index (χ2v) is 4.97. The molecule has 1 rings (SSSR count). The third kappa shape index (κ3) is 5.58. The van der Waals surface area contributed by atoms with Crippen LogP contribution >= 0.6 is 11.8 Å². The van der Waals surface area contributed by atoms with Gasteiger partial charge in [0.15, 0.2) is 0 Å². The van der Waals surface area contributed by atoms with E-state index in [2.05, 4.69) is 11.6 Å². The predicted octanol–water partition coefficient (Wildman–Crippen LogP) is 3.05. The molecule has 0 saturated heterocycles. The maximum Gasteiger partial charge on any atom is 0.00670 e. The van der Waals surface area contributed by atoms with E-state index in [1.165, 1.54) is 57.2 Å². The molecule has 1 fully saturated rings. The SMILES string of the molecule is CSCCCCNC1CCCCC1. The molecule has 0 aliphatic heterocycles. The molecule has 0 unspecified atom stereocenters. The highest BCUT2D eigenvalue weighted by atomic mass is 32.2. The van der Waals surface area contributed by atoms with Gasteiger partial charge in [0.05, 0.1) is 0 Å². The first kappa shape index (κ1) is 11.4. The minimum atomic E-state index is 0.850. The van der Waals surface area contributed by atoms with Gasteiger partial charge in [-0.15, -0.1) is 0 Å². The Bertz CT molecular complexity index is 111. The maximum absolute atomic E-state index is 3.67. The Labute approximate surface area is 87.1 Å². The van der Waals surface area contributed by atoms with Gasteiger partial charge in [0.2, 0.25) is 0 Å². The van der Waals surface area contributed by atoms with Crippen LogP contribution in [0.4, 0.5) is 0 Å². The summed E-state index contributed by atoms with van der Waals surface area (Å²) < 4.78 is 0. The van der Waals surface area contributed by atoms with Crippen molar-refractivity contribution in [1.29, 1.82) is 0 Å². The van der Waals surface area contributed by atoms with E-state index in [1.807, 2.05) is 11.8 Å². The van der Waals surface area contributed by atoms with E-state index in [9.17, 15) is 0 Å². The molecule has 1 nitrogen and oxygen atoms in total. The Hall–Kier alpha value is 0.310. The summed E-state index contributed by atoms with van der Waals surface area (Å²) in [7, 11) is 0. The number of unbranched alkanes of at least 4 members (excludes halogenated alkanes) is 1. The van der Waals surface area contributed by atoms with Crippen molar-refractivity contribution in [1.82, 2.24) is 5.32 Å². The molecule has 1 aliphatic rings. The van der Waals surface area contributed by atoms with Crippen LogP contribution in [-0.2, 0) is 0 Å². The topological polar surface area (TPSA) is 12.0 Å². The van der Waals surface area contributed by atoms with Crippen LogP contribution in [0.5, 0.6) is 0 Å². The van der Waals surface area contributed by atoms with E-state index in [4.69, 9.17) is 0 Å². The van der Waals surface area contributed by atoms with Gasteiger partial charge in [0.25, 0.3) is 0 Å². The fraction of sp³-hybridized carbons (Fsp3) is 1.00. The van der Waals surface area contributed by atoms with Crippen LogP contribution in [0.15, 0.2) is 0 Å².